The van der Waals surface area contributed by atoms with Crippen LogP contribution in [0.4, 0.5) is 4.39 Å². The van der Waals surface area contributed by atoms with Gasteiger partial charge in [0.05, 0.1) is 18.8 Å². The number of carbonyl (C=O) groups excluding carboxylic acids is 1. The number of furan rings is 1. The fourth-order valence-electron chi connectivity index (χ4n) is 2.28. The van der Waals surface area contributed by atoms with Gasteiger partial charge in [-0.3, -0.25) is 4.79 Å². The molecule has 0 aliphatic carbocycles. The number of halogens is 1. The van der Waals surface area contributed by atoms with Crippen LogP contribution in [0.3, 0.4) is 0 Å². The van der Waals surface area contributed by atoms with Gasteiger partial charge >= 0.3 is 0 Å². The summed E-state index contributed by atoms with van der Waals surface area (Å²) < 4.78 is 18.0. The molecule has 1 aromatic carbocycles. The molecule has 22 heavy (non-hydrogen) atoms. The summed E-state index contributed by atoms with van der Waals surface area (Å²) in [5.74, 6) is 0.400. The Hall–Kier alpha value is -2.14. The summed E-state index contributed by atoms with van der Waals surface area (Å²) in [7, 11) is 0. The first-order chi connectivity index (χ1) is 10.5. The highest BCUT2D eigenvalue weighted by Crippen LogP contribution is 2.06. The smallest absolute Gasteiger partial charge is 0.237 e. The Morgan fingerprint density at radius 2 is 1.95 bits per heavy atom. The minimum atomic E-state index is -0.314. The van der Waals surface area contributed by atoms with Gasteiger partial charge in [0.25, 0.3) is 0 Å². The summed E-state index contributed by atoms with van der Waals surface area (Å²) in [5, 5.41) is 6.05. The van der Waals surface area contributed by atoms with Gasteiger partial charge in [0, 0.05) is 6.04 Å². The van der Waals surface area contributed by atoms with E-state index in [2.05, 4.69) is 10.6 Å². The lowest BCUT2D eigenvalue weighted by Crippen LogP contribution is -2.46. The van der Waals surface area contributed by atoms with Crippen molar-refractivity contribution in [1.82, 2.24) is 10.6 Å². The maximum atomic E-state index is 12.9. The van der Waals surface area contributed by atoms with Crippen LogP contribution >= 0.6 is 0 Å². The van der Waals surface area contributed by atoms with Gasteiger partial charge in [0.15, 0.2) is 0 Å². The number of amides is 1. The van der Waals surface area contributed by atoms with Gasteiger partial charge in [0.1, 0.15) is 11.6 Å². The Morgan fingerprint density at radius 3 is 2.59 bits per heavy atom. The Kier molecular flexibility index (Phi) is 5.72. The van der Waals surface area contributed by atoms with Crippen LogP contribution < -0.4 is 10.6 Å². The molecule has 0 saturated carbocycles. The Balaban J connectivity index is 1.76. The van der Waals surface area contributed by atoms with Gasteiger partial charge in [-0.15, -0.1) is 0 Å². The standard InChI is InChI=1S/C17H21FN2O2/c1-12(10-14-5-7-15(18)8-6-14)20-13(2)17(21)19-11-16-4-3-9-22-16/h3-9,12-13,20H,10-11H2,1-2H3,(H,19,21). The topological polar surface area (TPSA) is 54.3 Å². The van der Waals surface area contributed by atoms with Gasteiger partial charge in [-0.25, -0.2) is 4.39 Å². The van der Waals surface area contributed by atoms with E-state index in [1.165, 1.54) is 12.1 Å². The van der Waals surface area contributed by atoms with Crippen LogP contribution in [-0.2, 0) is 17.8 Å². The zero-order valence-corrected chi connectivity index (χ0v) is 12.8. The first-order valence-corrected chi connectivity index (χ1v) is 7.35. The maximum Gasteiger partial charge on any atom is 0.237 e. The van der Waals surface area contributed by atoms with E-state index in [1.54, 1.807) is 24.5 Å². The first-order valence-electron chi connectivity index (χ1n) is 7.35. The number of hydrogen-bond acceptors (Lipinski definition) is 3. The van der Waals surface area contributed by atoms with Crippen LogP contribution in [0.15, 0.2) is 47.1 Å². The molecular formula is C17H21FN2O2. The highest BCUT2D eigenvalue weighted by atomic mass is 19.1. The van der Waals surface area contributed by atoms with E-state index < -0.39 is 0 Å². The van der Waals surface area contributed by atoms with E-state index in [0.29, 0.717) is 6.54 Å². The van der Waals surface area contributed by atoms with Crippen LogP contribution in [0.25, 0.3) is 0 Å². The Labute approximate surface area is 129 Å². The fourth-order valence-corrected chi connectivity index (χ4v) is 2.28. The van der Waals surface area contributed by atoms with Crippen LogP contribution in [0.1, 0.15) is 25.2 Å². The molecule has 118 valence electrons. The summed E-state index contributed by atoms with van der Waals surface area (Å²) in [6, 6.07) is 9.80. The summed E-state index contributed by atoms with van der Waals surface area (Å²) in [4.78, 5) is 12.0. The minimum absolute atomic E-state index is 0.0812. The number of carbonyl (C=O) groups is 1. The third kappa shape index (κ3) is 5.00. The number of hydrogen-bond donors (Lipinski definition) is 2. The van der Waals surface area contributed by atoms with E-state index in [0.717, 1.165) is 17.7 Å². The molecule has 0 fully saturated rings. The predicted molar refractivity (Wildman–Crippen MR) is 82.7 cm³/mol. The molecule has 0 radical (unpaired) electrons. The Bertz CT molecular complexity index is 581. The second-order valence-corrected chi connectivity index (χ2v) is 5.42. The van der Waals surface area contributed by atoms with Gasteiger partial charge in [0.2, 0.25) is 5.91 Å². The first kappa shape index (κ1) is 16.2. The molecule has 0 saturated heterocycles. The second kappa shape index (κ2) is 7.75. The van der Waals surface area contributed by atoms with E-state index in [1.807, 2.05) is 19.9 Å². The summed E-state index contributed by atoms with van der Waals surface area (Å²) >= 11 is 0. The summed E-state index contributed by atoms with van der Waals surface area (Å²) in [6.45, 7) is 4.20. The molecular weight excluding hydrogens is 283 g/mol. The molecule has 1 heterocycles. The number of benzene rings is 1. The van der Waals surface area contributed by atoms with Crippen molar-refractivity contribution in [3.63, 3.8) is 0 Å². The van der Waals surface area contributed by atoms with Gasteiger partial charge in [-0.2, -0.15) is 0 Å². The van der Waals surface area contributed by atoms with Gasteiger partial charge in [-0.1, -0.05) is 12.1 Å². The van der Waals surface area contributed by atoms with Crippen molar-refractivity contribution in [2.45, 2.75) is 38.9 Å². The maximum absolute atomic E-state index is 12.9. The quantitative estimate of drug-likeness (QED) is 0.827. The van der Waals surface area contributed by atoms with E-state index >= 15 is 0 Å². The summed E-state index contributed by atoms with van der Waals surface area (Å²) in [5.41, 5.74) is 1.03. The lowest BCUT2D eigenvalue weighted by molar-refractivity contribution is -0.123. The zero-order valence-electron chi connectivity index (χ0n) is 12.8. The van der Waals surface area contributed by atoms with Crippen molar-refractivity contribution in [2.24, 2.45) is 0 Å². The third-order valence-electron chi connectivity index (χ3n) is 3.40. The van der Waals surface area contributed by atoms with Gasteiger partial charge in [-0.05, 0) is 50.1 Å². The van der Waals surface area contributed by atoms with Crippen molar-refractivity contribution in [3.05, 3.63) is 59.8 Å². The van der Waals surface area contributed by atoms with Crippen LogP contribution in [0.5, 0.6) is 0 Å². The zero-order chi connectivity index (χ0) is 15.9. The molecule has 0 bridgehead atoms. The van der Waals surface area contributed by atoms with Crippen molar-refractivity contribution < 1.29 is 13.6 Å². The molecule has 2 N–H and O–H groups in total. The second-order valence-electron chi connectivity index (χ2n) is 5.42. The van der Waals surface area contributed by atoms with Crippen molar-refractivity contribution in [3.8, 4) is 0 Å². The lowest BCUT2D eigenvalue weighted by atomic mass is 10.1. The molecule has 5 heteroatoms. The normalized spacial score (nSPS) is 13.6. The van der Waals surface area contributed by atoms with Crippen molar-refractivity contribution >= 4 is 5.91 Å². The minimum Gasteiger partial charge on any atom is -0.467 e. The molecule has 0 spiro atoms. The summed E-state index contributed by atoms with van der Waals surface area (Å²) in [6.07, 6.45) is 2.31. The van der Waals surface area contributed by atoms with Crippen molar-refractivity contribution in [2.75, 3.05) is 0 Å². The van der Waals surface area contributed by atoms with E-state index in [4.69, 9.17) is 4.42 Å². The molecule has 2 atom stereocenters. The van der Waals surface area contributed by atoms with Crippen molar-refractivity contribution in [1.29, 1.82) is 0 Å². The number of rotatable bonds is 7. The molecule has 1 amide bonds. The third-order valence-corrected chi connectivity index (χ3v) is 3.40. The average molecular weight is 304 g/mol. The largest absolute Gasteiger partial charge is 0.467 e. The van der Waals surface area contributed by atoms with Crippen LogP contribution in [0.2, 0.25) is 0 Å². The Morgan fingerprint density at radius 1 is 1.23 bits per heavy atom. The highest BCUT2D eigenvalue weighted by Gasteiger charge is 2.15. The molecule has 2 rings (SSSR count). The van der Waals surface area contributed by atoms with Crippen LogP contribution in [0, 0.1) is 5.82 Å². The average Bonchev–Trinajstić information content (AvgIpc) is 3.00. The molecule has 0 aliphatic rings. The van der Waals surface area contributed by atoms with E-state index in [-0.39, 0.29) is 23.8 Å². The lowest BCUT2D eigenvalue weighted by Gasteiger charge is -2.19. The predicted octanol–water partition coefficient (Wildman–Crippen LogP) is 2.64. The molecule has 2 aromatic rings. The van der Waals surface area contributed by atoms with Gasteiger partial charge < -0.3 is 15.1 Å². The van der Waals surface area contributed by atoms with Crippen LogP contribution in [-0.4, -0.2) is 18.0 Å². The molecule has 2 unspecified atom stereocenters. The number of nitrogens with one attached hydrogen (secondary N) is 2. The SMILES string of the molecule is CC(Cc1ccc(F)cc1)NC(C)C(=O)NCc1ccco1. The monoisotopic (exact) mass is 304 g/mol. The van der Waals surface area contributed by atoms with E-state index in [9.17, 15) is 9.18 Å². The molecule has 0 aliphatic heterocycles. The fraction of sp³-hybridized carbons (Fsp3) is 0.353. The molecule has 4 nitrogen and oxygen atoms in total. The molecule has 1 aromatic heterocycles. The highest BCUT2D eigenvalue weighted by molar-refractivity contribution is 5.81.